The van der Waals surface area contributed by atoms with Crippen molar-refractivity contribution in [1.29, 1.82) is 0 Å². The molecule has 34 heavy (non-hydrogen) atoms. The van der Waals surface area contributed by atoms with Crippen molar-refractivity contribution in [2.45, 2.75) is 51.6 Å². The molecule has 0 saturated heterocycles. The summed E-state index contributed by atoms with van der Waals surface area (Å²) in [5.74, 6) is 1.67. The summed E-state index contributed by atoms with van der Waals surface area (Å²) in [6.45, 7) is 5.88. The van der Waals surface area contributed by atoms with Crippen molar-refractivity contribution in [1.82, 2.24) is 4.98 Å². The monoisotopic (exact) mass is 478 g/mol. The molecule has 4 rings (SSSR count). The van der Waals surface area contributed by atoms with E-state index in [4.69, 9.17) is 19.6 Å². The number of aromatic nitrogens is 1. The molecule has 0 spiro atoms. The van der Waals surface area contributed by atoms with Gasteiger partial charge in [-0.2, -0.15) is 13.2 Å². The zero-order valence-electron chi connectivity index (χ0n) is 19.2. The van der Waals surface area contributed by atoms with Gasteiger partial charge in [-0.05, 0) is 59.4 Å². The molecule has 1 saturated carbocycles. The van der Waals surface area contributed by atoms with Crippen LogP contribution in [0, 0.1) is 11.3 Å². The van der Waals surface area contributed by atoms with E-state index >= 15 is 0 Å². The number of aryl methyl sites for hydroxylation is 1. The van der Waals surface area contributed by atoms with Crippen LogP contribution in [-0.4, -0.2) is 41.7 Å². The van der Waals surface area contributed by atoms with E-state index in [0.717, 1.165) is 36.6 Å². The molecule has 2 aliphatic rings. The first-order chi connectivity index (χ1) is 16.0. The summed E-state index contributed by atoms with van der Waals surface area (Å²) >= 11 is 0. The summed E-state index contributed by atoms with van der Waals surface area (Å²) < 4.78 is 37.1. The number of carboxylic acid groups (broad SMARTS) is 1. The van der Waals surface area contributed by atoms with Crippen molar-refractivity contribution in [3.63, 3.8) is 0 Å². The maximum absolute atomic E-state index is 11.1. The molecular formula is C25H29F3N2O4. The molecule has 1 aliphatic heterocycles. The van der Waals surface area contributed by atoms with Gasteiger partial charge < -0.3 is 15.2 Å². The van der Waals surface area contributed by atoms with Crippen molar-refractivity contribution >= 4 is 18.1 Å². The highest BCUT2D eigenvalue weighted by atomic mass is 19.4. The number of carbonyl (C=O) groups excluding carboxylic acids is 1. The molecular weight excluding hydrogens is 449 g/mol. The highest BCUT2D eigenvalue weighted by molar-refractivity contribution is 5.68. The minimum Gasteiger partial charge on any atom is -0.493 e. The largest absolute Gasteiger partial charge is 0.493 e. The highest BCUT2D eigenvalue weighted by Crippen LogP contribution is 2.65. The predicted octanol–water partition coefficient (Wildman–Crippen LogP) is 5.02. The summed E-state index contributed by atoms with van der Waals surface area (Å²) in [6.07, 6.45) is -2.43. The number of carboxylic acids is 1. The van der Waals surface area contributed by atoms with Crippen LogP contribution in [0.25, 0.3) is 0 Å². The Morgan fingerprint density at radius 3 is 2.53 bits per heavy atom. The fourth-order valence-electron chi connectivity index (χ4n) is 4.53. The van der Waals surface area contributed by atoms with Crippen LogP contribution in [0.15, 0.2) is 36.4 Å². The van der Waals surface area contributed by atoms with Gasteiger partial charge in [-0.25, -0.2) is 4.98 Å². The molecule has 0 amide bonds. The average molecular weight is 479 g/mol. The van der Waals surface area contributed by atoms with Crippen LogP contribution >= 0.6 is 0 Å². The van der Waals surface area contributed by atoms with Crippen LogP contribution in [-0.2, 0) is 22.4 Å². The average Bonchev–Trinajstić information content (AvgIpc) is 3.32. The minimum absolute atomic E-state index is 0.0485. The molecule has 0 bridgehead atoms. The number of hydrogen-bond donors (Lipinski definition) is 2. The number of rotatable bonds is 7. The van der Waals surface area contributed by atoms with Crippen LogP contribution in [0.1, 0.15) is 49.4 Å². The second kappa shape index (κ2) is 10.4. The standard InChI is InChI=1S/C23H28N2O3.C2HF3O/c1-23(2)19(14-20(26)27)21(23)15-6-9-18(10-7-15)28-13-11-17-8-5-16-4-3-12-24-22(16)25-17;3-2(4,5)1-6/h5-10,19,21H,3-4,11-14H2,1-2H3,(H,24,25)(H,26,27);1H. The van der Waals surface area contributed by atoms with E-state index in [2.05, 4.69) is 43.4 Å². The van der Waals surface area contributed by atoms with E-state index in [9.17, 15) is 18.0 Å². The normalized spacial score (nSPS) is 20.1. The van der Waals surface area contributed by atoms with Crippen molar-refractivity contribution in [2.75, 3.05) is 18.5 Å². The first-order valence-electron chi connectivity index (χ1n) is 11.2. The van der Waals surface area contributed by atoms with Gasteiger partial charge in [0.25, 0.3) is 0 Å². The molecule has 2 heterocycles. The Balaban J connectivity index is 0.000000481. The molecule has 1 aliphatic carbocycles. The molecule has 2 aromatic rings. The first kappa shape index (κ1) is 25.5. The van der Waals surface area contributed by atoms with E-state index in [1.807, 2.05) is 12.1 Å². The highest BCUT2D eigenvalue weighted by Gasteiger charge is 2.58. The van der Waals surface area contributed by atoms with Crippen molar-refractivity contribution in [3.05, 3.63) is 53.2 Å². The third-order valence-electron chi connectivity index (χ3n) is 6.40. The Bertz CT molecular complexity index is 1010. The van der Waals surface area contributed by atoms with E-state index in [1.165, 1.54) is 17.5 Å². The number of aldehydes is 1. The molecule has 9 heteroatoms. The van der Waals surface area contributed by atoms with Crippen LogP contribution < -0.4 is 10.1 Å². The van der Waals surface area contributed by atoms with E-state index in [-0.39, 0.29) is 17.8 Å². The van der Waals surface area contributed by atoms with E-state index in [0.29, 0.717) is 12.5 Å². The van der Waals surface area contributed by atoms with Gasteiger partial charge in [0, 0.05) is 25.1 Å². The third kappa shape index (κ3) is 6.71. The number of ether oxygens (including phenoxy) is 1. The van der Waals surface area contributed by atoms with Gasteiger partial charge in [0.1, 0.15) is 11.6 Å². The van der Waals surface area contributed by atoms with E-state index < -0.39 is 18.4 Å². The lowest BCUT2D eigenvalue weighted by Gasteiger charge is -2.17. The SMILES string of the molecule is CC1(C)C(CC(=O)O)C1c1ccc(OCCc2ccc3c(n2)NCCC3)cc1.O=CC(F)(F)F. The number of carbonyl (C=O) groups is 2. The van der Waals surface area contributed by atoms with Crippen molar-refractivity contribution in [2.24, 2.45) is 11.3 Å². The fourth-order valence-corrected chi connectivity index (χ4v) is 4.53. The smallest absolute Gasteiger partial charge is 0.446 e. The number of anilines is 1. The molecule has 0 radical (unpaired) electrons. The molecule has 2 unspecified atom stereocenters. The second-order valence-electron chi connectivity index (χ2n) is 9.17. The number of fused-ring (bicyclic) bond motifs is 1. The number of benzene rings is 1. The summed E-state index contributed by atoms with van der Waals surface area (Å²) in [6, 6.07) is 12.4. The lowest BCUT2D eigenvalue weighted by molar-refractivity contribution is -0.156. The minimum atomic E-state index is -4.64. The Morgan fingerprint density at radius 1 is 1.24 bits per heavy atom. The van der Waals surface area contributed by atoms with Gasteiger partial charge in [0.15, 0.2) is 0 Å². The topological polar surface area (TPSA) is 88.5 Å². The summed E-state index contributed by atoms with van der Waals surface area (Å²) in [7, 11) is 0. The molecule has 1 aromatic heterocycles. The van der Waals surface area contributed by atoms with E-state index in [1.54, 1.807) is 0 Å². The quantitative estimate of drug-likeness (QED) is 0.543. The molecule has 2 atom stereocenters. The van der Waals surface area contributed by atoms with Gasteiger partial charge in [-0.1, -0.05) is 32.0 Å². The maximum atomic E-state index is 11.1. The number of alkyl halides is 3. The van der Waals surface area contributed by atoms with Gasteiger partial charge in [0.05, 0.1) is 6.61 Å². The molecule has 184 valence electrons. The predicted molar refractivity (Wildman–Crippen MR) is 121 cm³/mol. The van der Waals surface area contributed by atoms with Crippen molar-refractivity contribution < 1.29 is 32.6 Å². The number of aliphatic carboxylic acids is 1. The fraction of sp³-hybridized carbons (Fsp3) is 0.480. The van der Waals surface area contributed by atoms with Gasteiger partial charge in [-0.3, -0.25) is 9.59 Å². The molecule has 2 N–H and O–H groups in total. The Morgan fingerprint density at radius 2 is 1.91 bits per heavy atom. The Kier molecular flexibility index (Phi) is 7.84. The zero-order chi connectivity index (χ0) is 24.9. The Labute approximate surface area is 196 Å². The Hall–Kier alpha value is -3.10. The molecule has 6 nitrogen and oxygen atoms in total. The first-order valence-corrected chi connectivity index (χ1v) is 11.2. The summed E-state index contributed by atoms with van der Waals surface area (Å²) in [5.41, 5.74) is 3.59. The third-order valence-corrected chi connectivity index (χ3v) is 6.40. The number of nitrogens with zero attached hydrogens (tertiary/aromatic N) is 1. The summed E-state index contributed by atoms with van der Waals surface area (Å²) in [5, 5.41) is 12.5. The van der Waals surface area contributed by atoms with Crippen LogP contribution in [0.5, 0.6) is 5.75 Å². The maximum Gasteiger partial charge on any atom is 0.446 e. The number of nitrogens with one attached hydrogen (secondary N) is 1. The van der Waals surface area contributed by atoms with Gasteiger partial charge in [0.2, 0.25) is 6.29 Å². The van der Waals surface area contributed by atoms with Gasteiger partial charge >= 0.3 is 12.1 Å². The second-order valence-corrected chi connectivity index (χ2v) is 9.17. The number of halogens is 3. The van der Waals surface area contributed by atoms with Crippen LogP contribution in [0.2, 0.25) is 0 Å². The van der Waals surface area contributed by atoms with Crippen LogP contribution in [0.4, 0.5) is 19.0 Å². The van der Waals surface area contributed by atoms with Crippen molar-refractivity contribution in [3.8, 4) is 5.75 Å². The number of hydrogen-bond acceptors (Lipinski definition) is 5. The lowest BCUT2D eigenvalue weighted by atomic mass is 10.0. The molecule has 1 fully saturated rings. The number of pyridine rings is 1. The zero-order valence-corrected chi connectivity index (χ0v) is 19.2. The summed E-state index contributed by atoms with van der Waals surface area (Å²) in [4.78, 5) is 24.5. The lowest BCUT2D eigenvalue weighted by Crippen LogP contribution is -2.14. The van der Waals surface area contributed by atoms with Gasteiger partial charge in [-0.15, -0.1) is 0 Å². The molecule has 1 aromatic carbocycles. The van der Waals surface area contributed by atoms with Crippen LogP contribution in [0.3, 0.4) is 0 Å².